The Morgan fingerprint density at radius 1 is 1.29 bits per heavy atom. The van der Waals surface area contributed by atoms with Gasteiger partial charge in [-0.15, -0.1) is 0 Å². The van der Waals surface area contributed by atoms with Gasteiger partial charge in [0.1, 0.15) is 23.4 Å². The number of primary amides is 1. The Bertz CT molecular complexity index is 1010. The maximum atomic E-state index is 13.7. The summed E-state index contributed by atoms with van der Waals surface area (Å²) in [6, 6.07) is 5.89. The topological polar surface area (TPSA) is 104 Å². The van der Waals surface area contributed by atoms with Crippen molar-refractivity contribution in [3.63, 3.8) is 0 Å². The molecule has 3 atom stereocenters. The highest BCUT2D eigenvalue weighted by Crippen LogP contribution is 2.51. The minimum atomic E-state index is -4.76. The number of aromatic nitrogens is 1. The molecule has 1 aliphatic rings. The number of halogens is 4. The van der Waals surface area contributed by atoms with Gasteiger partial charge in [-0.05, 0) is 31.5 Å². The molecule has 0 saturated carbocycles. The summed E-state index contributed by atoms with van der Waals surface area (Å²) in [5.74, 6) is -3.45. The van der Waals surface area contributed by atoms with Gasteiger partial charge in [0.25, 0.3) is 11.8 Å². The van der Waals surface area contributed by atoms with Gasteiger partial charge in [-0.25, -0.2) is 4.39 Å². The Morgan fingerprint density at radius 3 is 2.61 bits per heavy atom. The molecule has 11 heteroatoms. The van der Waals surface area contributed by atoms with Gasteiger partial charge in [0, 0.05) is 29.4 Å². The second-order valence-corrected chi connectivity index (χ2v) is 7.25. The lowest BCUT2D eigenvalue weighted by atomic mass is 9.86. The third kappa shape index (κ3) is 4.46. The van der Waals surface area contributed by atoms with E-state index in [9.17, 15) is 27.2 Å². The number of carbonyl (C=O) groups is 2. The van der Waals surface area contributed by atoms with Crippen molar-refractivity contribution in [3.8, 4) is 5.75 Å². The number of methoxy groups -OCH3 is 1. The average molecular weight is 441 g/mol. The summed E-state index contributed by atoms with van der Waals surface area (Å²) >= 11 is 0. The molecule has 166 valence electrons. The number of nitrogens with zero attached hydrogens (tertiary/aromatic N) is 1. The zero-order valence-corrected chi connectivity index (χ0v) is 16.5. The molecule has 1 fully saturated rings. The van der Waals surface area contributed by atoms with Gasteiger partial charge < -0.3 is 20.5 Å². The zero-order valence-electron chi connectivity index (χ0n) is 16.5. The van der Waals surface area contributed by atoms with Gasteiger partial charge in [0.15, 0.2) is 5.60 Å². The van der Waals surface area contributed by atoms with Crippen LogP contribution in [0.5, 0.6) is 5.75 Å². The second-order valence-electron chi connectivity index (χ2n) is 7.25. The Balaban J connectivity index is 1.97. The molecule has 2 amide bonds. The molecule has 0 unspecified atom stereocenters. The predicted octanol–water partition coefficient (Wildman–Crippen LogP) is 3.16. The van der Waals surface area contributed by atoms with Crippen LogP contribution in [0.3, 0.4) is 0 Å². The summed E-state index contributed by atoms with van der Waals surface area (Å²) in [7, 11) is 1.24. The lowest BCUT2D eigenvalue weighted by Gasteiger charge is -2.27. The minimum Gasteiger partial charge on any atom is -0.496 e. The van der Waals surface area contributed by atoms with E-state index in [4.69, 9.17) is 15.2 Å². The van der Waals surface area contributed by atoms with Crippen molar-refractivity contribution in [3.05, 3.63) is 53.6 Å². The first-order valence-electron chi connectivity index (χ1n) is 9.10. The van der Waals surface area contributed by atoms with Crippen LogP contribution < -0.4 is 15.8 Å². The Kier molecular flexibility index (Phi) is 5.90. The Hall–Kier alpha value is -3.21. The van der Waals surface area contributed by atoms with E-state index in [2.05, 4.69) is 10.3 Å². The van der Waals surface area contributed by atoms with E-state index in [0.29, 0.717) is 0 Å². The van der Waals surface area contributed by atoms with Crippen LogP contribution in [0, 0.1) is 5.82 Å². The summed E-state index contributed by atoms with van der Waals surface area (Å²) in [5.41, 5.74) is 2.70. The van der Waals surface area contributed by atoms with E-state index in [1.165, 1.54) is 31.5 Å². The fourth-order valence-corrected chi connectivity index (χ4v) is 3.48. The van der Waals surface area contributed by atoms with Gasteiger partial charge in [-0.2, -0.15) is 13.2 Å². The van der Waals surface area contributed by atoms with Crippen molar-refractivity contribution in [2.45, 2.75) is 37.1 Å². The highest BCUT2D eigenvalue weighted by atomic mass is 19.4. The quantitative estimate of drug-likeness (QED) is 0.694. The normalized spacial score (nSPS) is 23.4. The van der Waals surface area contributed by atoms with Crippen molar-refractivity contribution >= 4 is 17.5 Å². The third-order valence-corrected chi connectivity index (χ3v) is 5.09. The van der Waals surface area contributed by atoms with E-state index >= 15 is 0 Å². The van der Waals surface area contributed by atoms with Crippen molar-refractivity contribution in [2.75, 3.05) is 12.4 Å². The highest BCUT2D eigenvalue weighted by Gasteiger charge is 2.61. The maximum absolute atomic E-state index is 13.7. The number of pyridine rings is 1. The molecule has 0 aliphatic carbocycles. The summed E-state index contributed by atoms with van der Waals surface area (Å²) in [5, 5.41) is 2.42. The number of anilines is 1. The van der Waals surface area contributed by atoms with Crippen LogP contribution in [0.1, 0.15) is 35.3 Å². The number of carbonyl (C=O) groups excluding carboxylic acids is 2. The van der Waals surface area contributed by atoms with Crippen LogP contribution in [0.4, 0.5) is 23.2 Å². The number of alkyl halides is 3. The molecule has 1 saturated heterocycles. The van der Waals surface area contributed by atoms with Crippen molar-refractivity contribution in [2.24, 2.45) is 5.73 Å². The number of rotatable bonds is 5. The molecule has 0 radical (unpaired) electrons. The van der Waals surface area contributed by atoms with Crippen LogP contribution >= 0.6 is 0 Å². The Morgan fingerprint density at radius 2 is 2.00 bits per heavy atom. The number of benzene rings is 1. The number of hydrogen-bond donors (Lipinski definition) is 2. The van der Waals surface area contributed by atoms with Gasteiger partial charge in [0.05, 0.1) is 7.11 Å². The molecule has 0 bridgehead atoms. The van der Waals surface area contributed by atoms with Gasteiger partial charge >= 0.3 is 6.18 Å². The molecule has 3 N–H and O–H groups in total. The van der Waals surface area contributed by atoms with E-state index < -0.39 is 47.9 Å². The van der Waals surface area contributed by atoms with Crippen LogP contribution in [-0.2, 0) is 9.53 Å². The maximum Gasteiger partial charge on any atom is 0.417 e. The molecule has 31 heavy (non-hydrogen) atoms. The largest absolute Gasteiger partial charge is 0.496 e. The standard InChI is InChI=1S/C20H19F4N3O4/c1-19(20(22,23)24)9-13(12-4-3-10(21)7-15(12)30-2)16(31-19)18(29)27-11-5-6-26-14(8-11)17(25)28/h3-8,13,16H,9H2,1-2H3,(H2,25,28)(H,26,27,29)/t13-,16+,19+/m0/s1. The molecular formula is C20H19F4N3O4. The monoisotopic (exact) mass is 441 g/mol. The van der Waals surface area contributed by atoms with Crippen LogP contribution in [-0.4, -0.2) is 41.8 Å². The molecule has 0 spiro atoms. The molecule has 2 heterocycles. The zero-order chi connectivity index (χ0) is 23.0. The molecule has 1 aromatic carbocycles. The fraction of sp³-hybridized carbons (Fsp3) is 0.350. The number of nitrogens with two attached hydrogens (primary N) is 1. The number of hydrogen-bond acceptors (Lipinski definition) is 5. The van der Waals surface area contributed by atoms with E-state index in [1.807, 2.05) is 0 Å². The lowest BCUT2D eigenvalue weighted by Crippen LogP contribution is -2.43. The first-order chi connectivity index (χ1) is 14.4. The average Bonchev–Trinajstić information content (AvgIpc) is 3.07. The SMILES string of the molecule is COc1cc(F)ccc1[C@@H]1C[C@](C)(C(F)(F)F)O[C@H]1C(=O)Nc1ccnc(C(N)=O)c1. The van der Waals surface area contributed by atoms with Gasteiger partial charge in [-0.3, -0.25) is 14.6 Å². The Labute approximate surface area is 174 Å². The molecule has 1 aromatic heterocycles. The molecular weight excluding hydrogens is 422 g/mol. The molecule has 3 rings (SSSR count). The fourth-order valence-electron chi connectivity index (χ4n) is 3.48. The minimum absolute atomic E-state index is 0.00208. The lowest BCUT2D eigenvalue weighted by molar-refractivity contribution is -0.261. The summed E-state index contributed by atoms with van der Waals surface area (Å²) in [6.07, 6.45) is -5.70. The number of ether oxygens (including phenoxy) is 2. The van der Waals surface area contributed by atoms with Gasteiger partial charge in [0.2, 0.25) is 0 Å². The first kappa shape index (κ1) is 22.5. The molecule has 2 aromatic rings. The number of amides is 2. The van der Waals surface area contributed by atoms with E-state index in [-0.39, 0.29) is 22.7 Å². The summed E-state index contributed by atoms with van der Waals surface area (Å²) in [6.45, 7) is 0.848. The van der Waals surface area contributed by atoms with Crippen molar-refractivity contribution in [1.29, 1.82) is 0 Å². The van der Waals surface area contributed by atoms with Crippen LogP contribution in [0.25, 0.3) is 0 Å². The first-order valence-corrected chi connectivity index (χ1v) is 9.10. The molecule has 1 aliphatic heterocycles. The highest BCUT2D eigenvalue weighted by molar-refractivity contribution is 5.97. The summed E-state index contributed by atoms with van der Waals surface area (Å²) in [4.78, 5) is 27.9. The smallest absolute Gasteiger partial charge is 0.417 e. The van der Waals surface area contributed by atoms with E-state index in [1.54, 1.807) is 0 Å². The van der Waals surface area contributed by atoms with Crippen LogP contribution in [0.15, 0.2) is 36.5 Å². The van der Waals surface area contributed by atoms with Crippen molar-refractivity contribution < 1.29 is 36.6 Å². The van der Waals surface area contributed by atoms with Crippen molar-refractivity contribution in [1.82, 2.24) is 4.98 Å². The van der Waals surface area contributed by atoms with Gasteiger partial charge in [-0.1, -0.05) is 6.07 Å². The summed E-state index contributed by atoms with van der Waals surface area (Å²) < 4.78 is 65.0. The number of nitrogens with one attached hydrogen (secondary N) is 1. The molecule has 7 nitrogen and oxygen atoms in total. The second kappa shape index (κ2) is 8.14. The third-order valence-electron chi connectivity index (χ3n) is 5.09. The predicted molar refractivity (Wildman–Crippen MR) is 101 cm³/mol. The van der Waals surface area contributed by atoms with E-state index in [0.717, 1.165) is 19.1 Å². The van der Waals surface area contributed by atoms with Crippen LogP contribution in [0.2, 0.25) is 0 Å².